The Kier molecular flexibility index (Phi) is 5.04. The van der Waals surface area contributed by atoms with Gasteiger partial charge in [0, 0.05) is 13.1 Å². The van der Waals surface area contributed by atoms with Gasteiger partial charge in [-0.25, -0.2) is 4.79 Å². The lowest BCUT2D eigenvalue weighted by atomic mass is 10.1. The van der Waals surface area contributed by atoms with Crippen molar-refractivity contribution in [2.45, 2.75) is 6.54 Å². The Labute approximate surface area is 125 Å². The molecule has 0 spiro atoms. The molecule has 9 nitrogen and oxygen atoms in total. The highest BCUT2D eigenvalue weighted by Crippen LogP contribution is 2.11. The number of aromatic amines is 1. The summed E-state index contributed by atoms with van der Waals surface area (Å²) >= 11 is 0. The number of aromatic nitrogens is 2. The van der Waals surface area contributed by atoms with Gasteiger partial charge in [-0.2, -0.15) is 9.97 Å². The Balaban J connectivity index is 1.68. The first-order chi connectivity index (χ1) is 10.6. The number of carbonyl (C=O) groups is 1. The standard InChI is InChI=1S/C13H14N4O5/c18-12(19)10-3-1-9(2-4-10)7-14-5-6-22-13-15-8-11(16-13)17(20)21/h1-4,8,14H,5-7H2,(H,15,16)(H,18,19). The molecule has 1 aromatic carbocycles. The molecule has 0 saturated heterocycles. The van der Waals surface area contributed by atoms with Crippen LogP contribution in [0.2, 0.25) is 0 Å². The second kappa shape index (κ2) is 7.18. The van der Waals surface area contributed by atoms with E-state index in [0.717, 1.165) is 11.8 Å². The minimum atomic E-state index is -0.958. The second-order valence-corrected chi connectivity index (χ2v) is 4.36. The highest BCUT2D eigenvalue weighted by Gasteiger charge is 2.10. The average molecular weight is 306 g/mol. The Morgan fingerprint density at radius 3 is 2.73 bits per heavy atom. The van der Waals surface area contributed by atoms with Gasteiger partial charge in [-0.1, -0.05) is 12.1 Å². The lowest BCUT2D eigenvalue weighted by Crippen LogP contribution is -2.20. The second-order valence-electron chi connectivity index (χ2n) is 4.36. The number of nitrogens with one attached hydrogen (secondary N) is 2. The summed E-state index contributed by atoms with van der Waals surface area (Å²) < 4.78 is 5.21. The number of carboxylic acid groups (broad SMARTS) is 1. The first kappa shape index (κ1) is 15.4. The van der Waals surface area contributed by atoms with Crippen molar-refractivity contribution < 1.29 is 19.6 Å². The zero-order valence-corrected chi connectivity index (χ0v) is 11.5. The van der Waals surface area contributed by atoms with Gasteiger partial charge in [0.15, 0.2) is 0 Å². The molecule has 0 bridgehead atoms. The lowest BCUT2D eigenvalue weighted by Gasteiger charge is -2.05. The summed E-state index contributed by atoms with van der Waals surface area (Å²) in [7, 11) is 0. The first-order valence-electron chi connectivity index (χ1n) is 6.41. The first-order valence-corrected chi connectivity index (χ1v) is 6.41. The summed E-state index contributed by atoms with van der Waals surface area (Å²) in [6.45, 7) is 1.36. The van der Waals surface area contributed by atoms with E-state index in [-0.39, 0.29) is 24.0 Å². The van der Waals surface area contributed by atoms with Crippen LogP contribution in [0.3, 0.4) is 0 Å². The highest BCUT2D eigenvalue weighted by atomic mass is 16.6. The molecule has 0 amide bonds. The summed E-state index contributed by atoms with van der Waals surface area (Å²) in [6.07, 6.45) is 1.09. The molecule has 0 aliphatic heterocycles. The summed E-state index contributed by atoms with van der Waals surface area (Å²) in [4.78, 5) is 26.7. The number of aromatic carboxylic acids is 1. The van der Waals surface area contributed by atoms with Crippen molar-refractivity contribution in [2.24, 2.45) is 0 Å². The highest BCUT2D eigenvalue weighted by molar-refractivity contribution is 5.87. The van der Waals surface area contributed by atoms with Crippen LogP contribution < -0.4 is 10.1 Å². The van der Waals surface area contributed by atoms with Crippen molar-refractivity contribution in [1.29, 1.82) is 0 Å². The number of H-pyrrole nitrogens is 1. The predicted molar refractivity (Wildman–Crippen MR) is 75.8 cm³/mol. The molecule has 116 valence electrons. The van der Waals surface area contributed by atoms with E-state index in [1.165, 1.54) is 12.1 Å². The molecule has 0 aliphatic carbocycles. The van der Waals surface area contributed by atoms with Crippen LogP contribution in [-0.4, -0.2) is 39.1 Å². The summed E-state index contributed by atoms with van der Waals surface area (Å²) in [5.74, 6) is -1.18. The normalized spacial score (nSPS) is 10.4. The Hall–Kier alpha value is -2.94. The third-order valence-electron chi connectivity index (χ3n) is 2.78. The molecule has 0 saturated carbocycles. The molecule has 1 heterocycles. The number of ether oxygens (including phenoxy) is 1. The third-order valence-corrected chi connectivity index (χ3v) is 2.78. The molecular formula is C13H14N4O5. The van der Waals surface area contributed by atoms with Crippen LogP contribution in [-0.2, 0) is 6.54 Å². The van der Waals surface area contributed by atoms with Gasteiger partial charge >= 0.3 is 17.8 Å². The monoisotopic (exact) mass is 306 g/mol. The Bertz CT molecular complexity index is 653. The topological polar surface area (TPSA) is 130 Å². The molecule has 1 aromatic heterocycles. The number of carboxylic acids is 1. The van der Waals surface area contributed by atoms with Crippen molar-refractivity contribution in [3.8, 4) is 6.01 Å². The number of imidazole rings is 1. The van der Waals surface area contributed by atoms with Crippen LogP contribution in [0.5, 0.6) is 6.01 Å². The van der Waals surface area contributed by atoms with E-state index in [1.54, 1.807) is 12.1 Å². The minimum Gasteiger partial charge on any atom is -0.478 e. The molecule has 9 heteroatoms. The van der Waals surface area contributed by atoms with Crippen molar-refractivity contribution in [3.05, 3.63) is 51.7 Å². The van der Waals surface area contributed by atoms with E-state index in [4.69, 9.17) is 9.84 Å². The number of hydrogen-bond donors (Lipinski definition) is 3. The van der Waals surface area contributed by atoms with Gasteiger partial charge in [0.25, 0.3) is 0 Å². The van der Waals surface area contributed by atoms with Crippen molar-refractivity contribution in [3.63, 3.8) is 0 Å². The van der Waals surface area contributed by atoms with E-state index in [2.05, 4.69) is 15.3 Å². The van der Waals surface area contributed by atoms with Crippen LogP contribution in [0.25, 0.3) is 0 Å². The van der Waals surface area contributed by atoms with Crippen LogP contribution in [0.15, 0.2) is 30.5 Å². The molecular weight excluding hydrogens is 292 g/mol. The molecule has 0 atom stereocenters. The summed E-state index contributed by atoms with van der Waals surface area (Å²) in [6, 6.07) is 6.63. The number of nitro groups is 1. The fraction of sp³-hybridized carbons (Fsp3) is 0.231. The third kappa shape index (κ3) is 4.28. The number of rotatable bonds is 8. The largest absolute Gasteiger partial charge is 0.478 e. The molecule has 2 rings (SSSR count). The van der Waals surface area contributed by atoms with Crippen molar-refractivity contribution in [1.82, 2.24) is 15.3 Å². The van der Waals surface area contributed by atoms with Crippen LogP contribution >= 0.6 is 0 Å². The lowest BCUT2D eigenvalue weighted by molar-refractivity contribution is -0.389. The molecule has 2 aromatic rings. The molecule has 22 heavy (non-hydrogen) atoms. The van der Waals surface area contributed by atoms with Crippen LogP contribution in [0, 0.1) is 10.1 Å². The maximum Gasteiger partial charge on any atom is 0.388 e. The fourth-order valence-electron chi connectivity index (χ4n) is 1.68. The van der Waals surface area contributed by atoms with E-state index in [0.29, 0.717) is 13.1 Å². The summed E-state index contributed by atoms with van der Waals surface area (Å²) in [5, 5.41) is 22.3. The molecule has 3 N–H and O–H groups in total. The SMILES string of the molecule is O=C(O)c1ccc(CNCCOc2ncc([N+](=O)[O-])[nH]2)cc1. The van der Waals surface area contributed by atoms with Gasteiger partial charge in [-0.15, -0.1) is 0 Å². The number of nitrogens with zero attached hydrogens (tertiary/aromatic N) is 2. The average Bonchev–Trinajstić information content (AvgIpc) is 2.96. The molecule has 0 fully saturated rings. The predicted octanol–water partition coefficient (Wildman–Crippen LogP) is 1.18. The van der Waals surface area contributed by atoms with E-state index < -0.39 is 10.9 Å². The van der Waals surface area contributed by atoms with Crippen molar-refractivity contribution >= 4 is 11.8 Å². The molecule has 0 unspecified atom stereocenters. The number of benzene rings is 1. The van der Waals surface area contributed by atoms with Crippen LogP contribution in [0.1, 0.15) is 15.9 Å². The zero-order valence-electron chi connectivity index (χ0n) is 11.5. The number of hydrogen-bond acceptors (Lipinski definition) is 6. The van der Waals surface area contributed by atoms with E-state index in [9.17, 15) is 14.9 Å². The van der Waals surface area contributed by atoms with Gasteiger partial charge < -0.3 is 25.3 Å². The van der Waals surface area contributed by atoms with Gasteiger partial charge in [0.1, 0.15) is 12.8 Å². The van der Waals surface area contributed by atoms with E-state index >= 15 is 0 Å². The smallest absolute Gasteiger partial charge is 0.388 e. The Morgan fingerprint density at radius 1 is 1.41 bits per heavy atom. The van der Waals surface area contributed by atoms with Gasteiger partial charge in [0.2, 0.25) is 0 Å². The van der Waals surface area contributed by atoms with Crippen molar-refractivity contribution in [2.75, 3.05) is 13.2 Å². The minimum absolute atomic E-state index is 0.0966. The van der Waals surface area contributed by atoms with Gasteiger partial charge in [-0.3, -0.25) is 0 Å². The Morgan fingerprint density at radius 2 is 2.14 bits per heavy atom. The van der Waals surface area contributed by atoms with Gasteiger partial charge in [-0.05, 0) is 22.6 Å². The fourth-order valence-corrected chi connectivity index (χ4v) is 1.68. The maximum absolute atomic E-state index is 10.7. The molecule has 0 radical (unpaired) electrons. The van der Waals surface area contributed by atoms with Gasteiger partial charge in [0.05, 0.1) is 5.56 Å². The zero-order chi connectivity index (χ0) is 15.9. The van der Waals surface area contributed by atoms with E-state index in [1.807, 2.05) is 0 Å². The van der Waals surface area contributed by atoms with Crippen LogP contribution in [0.4, 0.5) is 5.82 Å². The quantitative estimate of drug-likeness (QED) is 0.379. The maximum atomic E-state index is 10.7. The molecule has 0 aliphatic rings. The summed E-state index contributed by atoms with van der Waals surface area (Å²) in [5.41, 5.74) is 1.19.